The van der Waals surface area contributed by atoms with E-state index in [4.69, 9.17) is 23.2 Å². The maximum absolute atomic E-state index is 14.3. The standard InChI is InChI=1S/C25H28Cl2F3N3O4/c1-24(2,3)13-32(12-19(34)20-17(26)5-4-6-18(20)27)22(35)16-11-31-33(21(16)25(28,29)30)15-9-7-14(8-10-15)23(36)37/h4-6,11,14-15H,7-10,12-13H2,1-3H3,(H,36,37). The van der Waals surface area contributed by atoms with Crippen LogP contribution in [-0.2, 0) is 11.0 Å². The minimum Gasteiger partial charge on any atom is -0.481 e. The van der Waals surface area contributed by atoms with E-state index in [1.807, 2.05) is 0 Å². The molecule has 1 aromatic carbocycles. The lowest BCUT2D eigenvalue weighted by molar-refractivity contribution is -0.147. The van der Waals surface area contributed by atoms with Gasteiger partial charge in [0.2, 0.25) is 0 Å². The number of aromatic nitrogens is 2. The lowest BCUT2D eigenvalue weighted by atomic mass is 9.86. The lowest BCUT2D eigenvalue weighted by Crippen LogP contribution is -2.42. The fourth-order valence-electron chi connectivity index (χ4n) is 4.60. The van der Waals surface area contributed by atoms with Gasteiger partial charge in [-0.05, 0) is 43.2 Å². The number of Topliss-reactive ketones (excluding diaryl/α,β-unsaturated/α-hetero) is 1. The van der Waals surface area contributed by atoms with Crippen LogP contribution in [0.25, 0.3) is 0 Å². The van der Waals surface area contributed by atoms with Gasteiger partial charge in [-0.15, -0.1) is 0 Å². The van der Waals surface area contributed by atoms with Gasteiger partial charge in [0.25, 0.3) is 5.91 Å². The molecule has 1 aromatic heterocycles. The SMILES string of the molecule is CC(C)(C)CN(CC(=O)c1c(Cl)cccc1Cl)C(=O)c1cnn(C2CCC(C(=O)O)CC2)c1C(F)(F)F. The van der Waals surface area contributed by atoms with Gasteiger partial charge in [-0.3, -0.25) is 19.1 Å². The third-order valence-corrected chi connectivity index (χ3v) is 6.84. The summed E-state index contributed by atoms with van der Waals surface area (Å²) in [7, 11) is 0. The summed E-state index contributed by atoms with van der Waals surface area (Å²) < 4.78 is 43.6. The van der Waals surface area contributed by atoms with E-state index in [9.17, 15) is 32.7 Å². The Balaban J connectivity index is 1.97. The van der Waals surface area contributed by atoms with E-state index >= 15 is 0 Å². The molecule has 0 saturated heterocycles. The van der Waals surface area contributed by atoms with Crippen molar-refractivity contribution in [2.45, 2.75) is 58.7 Å². The molecule has 0 unspecified atom stereocenters. The van der Waals surface area contributed by atoms with Crippen molar-refractivity contribution in [3.8, 4) is 0 Å². The molecule has 1 aliphatic carbocycles. The van der Waals surface area contributed by atoms with Gasteiger partial charge in [-0.25, -0.2) is 0 Å². The van der Waals surface area contributed by atoms with Gasteiger partial charge in [0.15, 0.2) is 11.5 Å². The molecule has 1 heterocycles. The van der Waals surface area contributed by atoms with Crippen LogP contribution in [0.5, 0.6) is 0 Å². The quantitative estimate of drug-likeness (QED) is 0.395. The van der Waals surface area contributed by atoms with Crippen LogP contribution >= 0.6 is 23.2 Å². The minimum absolute atomic E-state index is 0.0144. The lowest BCUT2D eigenvalue weighted by Gasteiger charge is -2.30. The van der Waals surface area contributed by atoms with Gasteiger partial charge in [-0.2, -0.15) is 18.3 Å². The topological polar surface area (TPSA) is 92.5 Å². The van der Waals surface area contributed by atoms with Crippen molar-refractivity contribution in [1.29, 1.82) is 0 Å². The molecule has 1 saturated carbocycles. The van der Waals surface area contributed by atoms with Crippen molar-refractivity contribution >= 4 is 40.9 Å². The molecule has 3 rings (SSSR count). The summed E-state index contributed by atoms with van der Waals surface area (Å²) in [6.45, 7) is 4.80. The van der Waals surface area contributed by atoms with Gasteiger partial charge in [0.05, 0.1) is 45.9 Å². The molecule has 37 heavy (non-hydrogen) atoms. The van der Waals surface area contributed by atoms with Crippen molar-refractivity contribution in [3.05, 3.63) is 51.3 Å². The Bertz CT molecular complexity index is 1160. The molecule has 1 aliphatic rings. The number of ketones is 1. The molecule has 0 spiro atoms. The summed E-state index contributed by atoms with van der Waals surface area (Å²) in [6, 6.07) is 3.77. The molecular formula is C25H28Cl2F3N3O4. The maximum atomic E-state index is 14.3. The summed E-state index contributed by atoms with van der Waals surface area (Å²) in [5, 5.41) is 13.3. The number of amides is 1. The molecule has 1 fully saturated rings. The number of carboxylic acid groups (broad SMARTS) is 1. The van der Waals surface area contributed by atoms with Crippen LogP contribution in [0.2, 0.25) is 10.0 Å². The zero-order valence-electron chi connectivity index (χ0n) is 20.6. The highest BCUT2D eigenvalue weighted by Gasteiger charge is 2.43. The molecule has 1 N–H and O–H groups in total. The van der Waals surface area contributed by atoms with Crippen molar-refractivity contribution in [2.24, 2.45) is 11.3 Å². The van der Waals surface area contributed by atoms with Gasteiger partial charge in [-0.1, -0.05) is 50.0 Å². The second kappa shape index (κ2) is 11.0. The number of nitrogens with zero attached hydrogens (tertiary/aromatic N) is 3. The van der Waals surface area contributed by atoms with Crippen LogP contribution in [0.15, 0.2) is 24.4 Å². The molecule has 7 nitrogen and oxygen atoms in total. The maximum Gasteiger partial charge on any atom is 0.433 e. The van der Waals surface area contributed by atoms with E-state index in [1.165, 1.54) is 12.1 Å². The highest BCUT2D eigenvalue weighted by atomic mass is 35.5. The summed E-state index contributed by atoms with van der Waals surface area (Å²) in [4.78, 5) is 38.9. The largest absolute Gasteiger partial charge is 0.481 e. The normalized spacial score (nSPS) is 18.5. The zero-order chi connectivity index (χ0) is 27.7. The Morgan fingerprint density at radius 2 is 1.65 bits per heavy atom. The molecule has 0 aliphatic heterocycles. The Morgan fingerprint density at radius 1 is 1.08 bits per heavy atom. The average molecular weight is 562 g/mol. The summed E-state index contributed by atoms with van der Waals surface area (Å²) >= 11 is 12.3. The number of carbonyl (C=O) groups excluding carboxylic acids is 2. The summed E-state index contributed by atoms with van der Waals surface area (Å²) in [6.07, 6.45) is -3.24. The average Bonchev–Trinajstić information content (AvgIpc) is 3.23. The third kappa shape index (κ3) is 6.84. The van der Waals surface area contributed by atoms with E-state index in [2.05, 4.69) is 5.10 Å². The van der Waals surface area contributed by atoms with Crippen LogP contribution in [-0.4, -0.2) is 50.5 Å². The van der Waals surface area contributed by atoms with Crippen LogP contribution in [0.4, 0.5) is 13.2 Å². The van der Waals surface area contributed by atoms with E-state index in [1.54, 1.807) is 26.8 Å². The number of hydrogen-bond donors (Lipinski definition) is 1. The van der Waals surface area contributed by atoms with Crippen LogP contribution in [0.3, 0.4) is 0 Å². The summed E-state index contributed by atoms with van der Waals surface area (Å²) in [5.41, 5.74) is -2.45. The first-order valence-electron chi connectivity index (χ1n) is 11.7. The molecule has 1 amide bonds. The van der Waals surface area contributed by atoms with Crippen LogP contribution in [0, 0.1) is 11.3 Å². The second-order valence-electron chi connectivity index (χ2n) is 10.4. The third-order valence-electron chi connectivity index (χ3n) is 6.21. The number of carbonyl (C=O) groups is 3. The molecule has 2 aromatic rings. The molecule has 0 radical (unpaired) electrons. The van der Waals surface area contributed by atoms with Crippen molar-refractivity contribution < 1.29 is 32.7 Å². The highest BCUT2D eigenvalue weighted by Crippen LogP contribution is 2.39. The molecule has 0 atom stereocenters. The second-order valence-corrected chi connectivity index (χ2v) is 11.2. The van der Waals surface area contributed by atoms with Crippen LogP contribution in [0.1, 0.15) is 78.9 Å². The smallest absolute Gasteiger partial charge is 0.433 e. The number of carboxylic acids is 1. The van der Waals surface area contributed by atoms with E-state index in [0.29, 0.717) is 0 Å². The fraction of sp³-hybridized carbons (Fsp3) is 0.520. The Morgan fingerprint density at radius 3 is 2.14 bits per heavy atom. The van der Waals surface area contributed by atoms with Crippen molar-refractivity contribution in [3.63, 3.8) is 0 Å². The van der Waals surface area contributed by atoms with E-state index in [-0.39, 0.29) is 47.8 Å². The first-order valence-corrected chi connectivity index (χ1v) is 12.5. The number of halogens is 5. The minimum atomic E-state index is -4.91. The van der Waals surface area contributed by atoms with Gasteiger partial charge in [0.1, 0.15) is 0 Å². The number of benzene rings is 1. The highest BCUT2D eigenvalue weighted by molar-refractivity contribution is 6.40. The van der Waals surface area contributed by atoms with Gasteiger partial charge < -0.3 is 10.0 Å². The monoisotopic (exact) mass is 561 g/mol. The number of hydrogen-bond acceptors (Lipinski definition) is 4. The fourth-order valence-corrected chi connectivity index (χ4v) is 5.21. The molecular weight excluding hydrogens is 534 g/mol. The number of rotatable bonds is 7. The Kier molecular flexibility index (Phi) is 8.64. The molecule has 0 bridgehead atoms. The predicted molar refractivity (Wildman–Crippen MR) is 132 cm³/mol. The predicted octanol–water partition coefficient (Wildman–Crippen LogP) is 6.40. The van der Waals surface area contributed by atoms with E-state index < -0.39 is 59.0 Å². The number of alkyl halides is 3. The first-order chi connectivity index (χ1) is 17.1. The zero-order valence-corrected chi connectivity index (χ0v) is 22.1. The van der Waals surface area contributed by atoms with E-state index in [0.717, 1.165) is 15.8 Å². The first kappa shape index (κ1) is 29.0. The number of aliphatic carboxylic acids is 1. The van der Waals surface area contributed by atoms with Crippen molar-refractivity contribution in [1.82, 2.24) is 14.7 Å². The Hall–Kier alpha value is -2.59. The summed E-state index contributed by atoms with van der Waals surface area (Å²) in [5.74, 6) is -3.20. The molecule has 12 heteroatoms. The van der Waals surface area contributed by atoms with Crippen LogP contribution < -0.4 is 0 Å². The Labute approximate surface area is 222 Å². The van der Waals surface area contributed by atoms with Gasteiger partial charge >= 0.3 is 12.1 Å². The van der Waals surface area contributed by atoms with Gasteiger partial charge in [0, 0.05) is 6.54 Å². The molecule has 202 valence electrons. The van der Waals surface area contributed by atoms with Crippen molar-refractivity contribution in [2.75, 3.05) is 13.1 Å².